The molecule has 0 saturated heterocycles. The molecular formula is C21H21N5O. The van der Waals surface area contributed by atoms with Gasteiger partial charge in [0.25, 0.3) is 0 Å². The highest BCUT2D eigenvalue weighted by molar-refractivity contribution is 5.88. The molecule has 3 aromatic heterocycles. The lowest BCUT2D eigenvalue weighted by Crippen LogP contribution is -2.41. The van der Waals surface area contributed by atoms with Gasteiger partial charge in [-0.3, -0.25) is 4.98 Å². The van der Waals surface area contributed by atoms with E-state index in [-0.39, 0.29) is 0 Å². The van der Waals surface area contributed by atoms with E-state index < -0.39 is 0 Å². The van der Waals surface area contributed by atoms with Gasteiger partial charge in [0.1, 0.15) is 0 Å². The van der Waals surface area contributed by atoms with E-state index >= 15 is 0 Å². The molecule has 0 spiro atoms. The molecule has 1 saturated carbocycles. The van der Waals surface area contributed by atoms with Crippen LogP contribution in [0.15, 0.2) is 55.0 Å². The van der Waals surface area contributed by atoms with E-state index in [1.54, 1.807) is 0 Å². The number of hydrogen-bond donors (Lipinski definition) is 1. The first-order valence-electron chi connectivity index (χ1n) is 9.38. The maximum atomic E-state index is 5.61. The molecule has 4 aromatic rings. The van der Waals surface area contributed by atoms with Crippen molar-refractivity contribution in [1.82, 2.24) is 19.6 Å². The van der Waals surface area contributed by atoms with Crippen LogP contribution in [0.25, 0.3) is 27.5 Å². The van der Waals surface area contributed by atoms with Crippen molar-refractivity contribution in [2.45, 2.75) is 31.9 Å². The zero-order valence-electron chi connectivity index (χ0n) is 15.2. The van der Waals surface area contributed by atoms with Gasteiger partial charge in [-0.1, -0.05) is 12.1 Å². The summed E-state index contributed by atoms with van der Waals surface area (Å²) in [4.78, 5) is 8.91. The molecule has 3 heterocycles. The molecule has 6 nitrogen and oxygen atoms in total. The van der Waals surface area contributed by atoms with Crippen LogP contribution in [-0.2, 0) is 4.74 Å². The zero-order valence-corrected chi connectivity index (χ0v) is 15.2. The second-order valence-corrected chi connectivity index (χ2v) is 6.94. The molecule has 0 atom stereocenters. The molecule has 1 N–H and O–H groups in total. The number of anilines is 1. The summed E-state index contributed by atoms with van der Waals surface area (Å²) < 4.78 is 7.49. The maximum Gasteiger partial charge on any atom is 0.241 e. The average molecular weight is 359 g/mol. The average Bonchev–Trinajstić information content (AvgIpc) is 3.09. The molecule has 0 bridgehead atoms. The summed E-state index contributed by atoms with van der Waals surface area (Å²) in [6.07, 6.45) is 8.08. The van der Waals surface area contributed by atoms with E-state index in [0.29, 0.717) is 18.1 Å². The quantitative estimate of drug-likeness (QED) is 0.585. The highest BCUT2D eigenvalue weighted by Gasteiger charge is 2.30. The summed E-state index contributed by atoms with van der Waals surface area (Å²) in [6, 6.07) is 12.8. The Bertz CT molecular complexity index is 1100. The van der Waals surface area contributed by atoms with Gasteiger partial charge in [0.15, 0.2) is 0 Å². The van der Waals surface area contributed by atoms with Crippen LogP contribution in [0, 0.1) is 0 Å². The predicted octanol–water partition coefficient (Wildman–Crippen LogP) is 3.92. The van der Waals surface area contributed by atoms with Gasteiger partial charge >= 0.3 is 0 Å². The molecule has 0 radical (unpaired) electrons. The summed E-state index contributed by atoms with van der Waals surface area (Å²) in [5, 5.41) is 9.15. The summed E-state index contributed by atoms with van der Waals surface area (Å²) in [7, 11) is 0. The topological polar surface area (TPSA) is 64.3 Å². The molecule has 5 rings (SSSR count). The lowest BCUT2D eigenvalue weighted by Gasteiger charge is -2.35. The highest BCUT2D eigenvalue weighted by Crippen LogP contribution is 2.29. The monoisotopic (exact) mass is 359 g/mol. The molecule has 1 aromatic carbocycles. The van der Waals surface area contributed by atoms with Crippen LogP contribution in [0.2, 0.25) is 0 Å². The third-order valence-corrected chi connectivity index (χ3v) is 5.16. The fourth-order valence-electron chi connectivity index (χ4n) is 3.69. The first-order valence-corrected chi connectivity index (χ1v) is 9.38. The van der Waals surface area contributed by atoms with Crippen molar-refractivity contribution < 1.29 is 4.74 Å². The van der Waals surface area contributed by atoms with Crippen LogP contribution < -0.4 is 5.32 Å². The van der Waals surface area contributed by atoms with Crippen LogP contribution in [-0.4, -0.2) is 38.3 Å². The number of aromatic nitrogens is 4. The van der Waals surface area contributed by atoms with Crippen molar-refractivity contribution in [3.05, 3.63) is 55.0 Å². The van der Waals surface area contributed by atoms with Gasteiger partial charge in [0, 0.05) is 36.0 Å². The van der Waals surface area contributed by atoms with Crippen LogP contribution in [0.5, 0.6) is 0 Å². The Balaban J connectivity index is 1.40. The van der Waals surface area contributed by atoms with Crippen molar-refractivity contribution in [1.29, 1.82) is 0 Å². The van der Waals surface area contributed by atoms with E-state index in [4.69, 9.17) is 4.74 Å². The van der Waals surface area contributed by atoms with Gasteiger partial charge < -0.3 is 10.1 Å². The summed E-state index contributed by atoms with van der Waals surface area (Å²) in [5.41, 5.74) is 4.25. The SMILES string of the molecule is CCOC1CC(Nc2ncc3c(-c4ccc5ncccc5c4)ccn3n2)C1. The number of rotatable bonds is 5. The normalized spacial score (nSPS) is 19.3. The van der Waals surface area contributed by atoms with Crippen molar-refractivity contribution in [2.24, 2.45) is 0 Å². The molecule has 0 amide bonds. The van der Waals surface area contributed by atoms with Crippen molar-refractivity contribution >= 4 is 22.4 Å². The number of hydrogen-bond acceptors (Lipinski definition) is 5. The summed E-state index contributed by atoms with van der Waals surface area (Å²) >= 11 is 0. The third-order valence-electron chi connectivity index (χ3n) is 5.16. The third kappa shape index (κ3) is 3.02. The number of pyridine rings is 1. The number of benzene rings is 1. The summed E-state index contributed by atoms with van der Waals surface area (Å²) in [6.45, 7) is 2.81. The first kappa shape index (κ1) is 16.2. The van der Waals surface area contributed by atoms with Crippen LogP contribution in [0.4, 0.5) is 5.95 Å². The van der Waals surface area contributed by atoms with E-state index in [9.17, 15) is 0 Å². The van der Waals surface area contributed by atoms with Gasteiger partial charge in [-0.05, 0) is 49.6 Å². The second-order valence-electron chi connectivity index (χ2n) is 6.94. The van der Waals surface area contributed by atoms with Crippen molar-refractivity contribution in [3.63, 3.8) is 0 Å². The zero-order chi connectivity index (χ0) is 18.2. The first-order chi connectivity index (χ1) is 13.3. The molecule has 0 aliphatic heterocycles. The Morgan fingerprint density at radius 1 is 1.19 bits per heavy atom. The molecule has 1 aliphatic rings. The molecular weight excluding hydrogens is 338 g/mol. The van der Waals surface area contributed by atoms with Gasteiger partial charge in [0.2, 0.25) is 5.95 Å². The lowest BCUT2D eigenvalue weighted by atomic mass is 9.89. The second kappa shape index (κ2) is 6.63. The Morgan fingerprint density at radius 3 is 3.00 bits per heavy atom. The smallest absolute Gasteiger partial charge is 0.241 e. The molecule has 1 aliphatic carbocycles. The Labute approximate surface area is 157 Å². The Morgan fingerprint density at radius 2 is 2.11 bits per heavy atom. The van der Waals surface area contributed by atoms with E-state index in [2.05, 4.69) is 50.7 Å². The maximum absolute atomic E-state index is 5.61. The molecule has 6 heteroatoms. The van der Waals surface area contributed by atoms with Gasteiger partial charge in [-0.2, -0.15) is 0 Å². The summed E-state index contributed by atoms with van der Waals surface area (Å²) in [5.74, 6) is 0.660. The minimum Gasteiger partial charge on any atom is -0.378 e. The molecule has 1 fully saturated rings. The number of nitrogens with zero attached hydrogens (tertiary/aromatic N) is 4. The van der Waals surface area contributed by atoms with Crippen molar-refractivity contribution in [3.8, 4) is 11.1 Å². The number of nitrogens with one attached hydrogen (secondary N) is 1. The van der Waals surface area contributed by atoms with E-state index in [1.165, 1.54) is 0 Å². The predicted molar refractivity (Wildman–Crippen MR) is 106 cm³/mol. The largest absolute Gasteiger partial charge is 0.378 e. The van der Waals surface area contributed by atoms with E-state index in [1.807, 2.05) is 36.1 Å². The van der Waals surface area contributed by atoms with Crippen LogP contribution in [0.3, 0.4) is 0 Å². The number of ether oxygens (including phenoxy) is 1. The van der Waals surface area contributed by atoms with Crippen molar-refractivity contribution in [2.75, 3.05) is 11.9 Å². The standard InChI is InChI=1S/C21H21N5O/c1-2-27-17-11-16(12-17)24-21-23-13-20-18(7-9-26(20)25-21)14-5-6-19-15(10-14)4-3-8-22-19/h3-10,13,16-17H,2,11-12H2,1H3,(H,24,25). The van der Waals surface area contributed by atoms with Gasteiger partial charge in [0.05, 0.1) is 23.3 Å². The van der Waals surface area contributed by atoms with Gasteiger partial charge in [-0.15, -0.1) is 5.10 Å². The van der Waals surface area contributed by atoms with E-state index in [0.717, 1.165) is 47.0 Å². The minimum atomic E-state index is 0.372. The number of fused-ring (bicyclic) bond motifs is 2. The van der Waals surface area contributed by atoms with Crippen LogP contribution >= 0.6 is 0 Å². The highest BCUT2D eigenvalue weighted by atomic mass is 16.5. The molecule has 136 valence electrons. The Kier molecular flexibility index (Phi) is 3.98. The molecule has 27 heavy (non-hydrogen) atoms. The Hall–Kier alpha value is -2.99. The fourth-order valence-corrected chi connectivity index (χ4v) is 3.69. The van der Waals surface area contributed by atoms with Gasteiger partial charge in [-0.25, -0.2) is 9.50 Å². The minimum absolute atomic E-state index is 0.372. The fraction of sp³-hybridized carbons (Fsp3) is 0.286. The molecule has 0 unspecified atom stereocenters. The van der Waals surface area contributed by atoms with Crippen LogP contribution in [0.1, 0.15) is 19.8 Å². The lowest BCUT2D eigenvalue weighted by molar-refractivity contribution is 0.00283.